The molecule has 0 fully saturated rings. The van der Waals surface area contributed by atoms with E-state index in [2.05, 4.69) is 56.3 Å². The van der Waals surface area contributed by atoms with Crippen LogP contribution in [-0.4, -0.2) is 7.11 Å². The third-order valence-corrected chi connectivity index (χ3v) is 4.56. The van der Waals surface area contributed by atoms with Crippen LogP contribution in [0.15, 0.2) is 59.7 Å². The minimum atomic E-state index is 0.919. The molecule has 0 heterocycles. The summed E-state index contributed by atoms with van der Waals surface area (Å²) >= 11 is 0. The molecule has 0 unspecified atom stereocenters. The highest BCUT2D eigenvalue weighted by Gasteiger charge is 2.16. The van der Waals surface area contributed by atoms with Crippen molar-refractivity contribution in [2.45, 2.75) is 26.7 Å². The van der Waals surface area contributed by atoms with Gasteiger partial charge in [0.25, 0.3) is 0 Å². The van der Waals surface area contributed by atoms with E-state index in [1.807, 2.05) is 12.1 Å². The number of fused-ring (bicyclic) bond motifs is 1. The lowest BCUT2D eigenvalue weighted by molar-refractivity contribution is 0.414. The molecule has 0 saturated carbocycles. The summed E-state index contributed by atoms with van der Waals surface area (Å²) in [6.45, 7) is 4.48. The molecular formula is C21H22O. The molecule has 3 rings (SSSR count). The van der Waals surface area contributed by atoms with E-state index in [4.69, 9.17) is 4.74 Å². The number of hydrogen-bond donors (Lipinski definition) is 0. The SMILES string of the molecule is COc1ccccc1/C=C1/C(C)=C(C)CCc2ccccc21. The molecule has 1 aliphatic carbocycles. The molecule has 0 saturated heterocycles. The van der Waals surface area contributed by atoms with Gasteiger partial charge in [-0.15, -0.1) is 0 Å². The first-order valence-electron chi connectivity index (χ1n) is 7.80. The lowest BCUT2D eigenvalue weighted by Crippen LogP contribution is -1.93. The fourth-order valence-electron chi connectivity index (χ4n) is 3.07. The molecule has 0 bridgehead atoms. The van der Waals surface area contributed by atoms with Gasteiger partial charge < -0.3 is 4.74 Å². The van der Waals surface area contributed by atoms with E-state index in [1.165, 1.54) is 27.8 Å². The smallest absolute Gasteiger partial charge is 0.126 e. The number of aryl methyl sites for hydroxylation is 1. The van der Waals surface area contributed by atoms with E-state index in [0.29, 0.717) is 0 Å². The first kappa shape index (κ1) is 14.6. The Morgan fingerprint density at radius 1 is 0.909 bits per heavy atom. The summed E-state index contributed by atoms with van der Waals surface area (Å²) in [6, 6.07) is 16.9. The van der Waals surface area contributed by atoms with Crippen LogP contribution >= 0.6 is 0 Å². The molecule has 1 nitrogen and oxygen atoms in total. The lowest BCUT2D eigenvalue weighted by atomic mass is 9.93. The number of hydrogen-bond acceptors (Lipinski definition) is 1. The third-order valence-electron chi connectivity index (χ3n) is 4.56. The van der Waals surface area contributed by atoms with Crippen molar-refractivity contribution in [3.63, 3.8) is 0 Å². The molecule has 1 aliphatic rings. The van der Waals surface area contributed by atoms with Gasteiger partial charge in [0.05, 0.1) is 7.11 Å². The monoisotopic (exact) mass is 290 g/mol. The quantitative estimate of drug-likeness (QED) is 0.707. The van der Waals surface area contributed by atoms with Crippen molar-refractivity contribution in [1.82, 2.24) is 0 Å². The Kier molecular flexibility index (Phi) is 4.15. The van der Waals surface area contributed by atoms with E-state index in [9.17, 15) is 0 Å². The first-order valence-corrected chi connectivity index (χ1v) is 7.80. The minimum absolute atomic E-state index is 0.919. The van der Waals surface area contributed by atoms with Gasteiger partial charge in [-0.25, -0.2) is 0 Å². The zero-order chi connectivity index (χ0) is 15.5. The van der Waals surface area contributed by atoms with Crippen LogP contribution in [0, 0.1) is 0 Å². The molecule has 0 spiro atoms. The van der Waals surface area contributed by atoms with Crippen LogP contribution in [0.4, 0.5) is 0 Å². The summed E-state index contributed by atoms with van der Waals surface area (Å²) < 4.78 is 5.51. The molecule has 2 aromatic rings. The van der Waals surface area contributed by atoms with Crippen molar-refractivity contribution in [2.24, 2.45) is 0 Å². The molecule has 2 aromatic carbocycles. The Morgan fingerprint density at radius 2 is 1.64 bits per heavy atom. The van der Waals surface area contributed by atoms with Gasteiger partial charge in [0.15, 0.2) is 0 Å². The van der Waals surface area contributed by atoms with Gasteiger partial charge in [-0.05, 0) is 61.1 Å². The molecular weight excluding hydrogens is 268 g/mol. The molecule has 0 aromatic heterocycles. The highest BCUT2D eigenvalue weighted by atomic mass is 16.5. The average Bonchev–Trinajstić information content (AvgIpc) is 2.68. The number of allylic oxidation sites excluding steroid dienone is 3. The van der Waals surface area contributed by atoms with Crippen molar-refractivity contribution in [1.29, 1.82) is 0 Å². The van der Waals surface area contributed by atoms with Gasteiger partial charge in [-0.2, -0.15) is 0 Å². The van der Waals surface area contributed by atoms with Gasteiger partial charge in [-0.1, -0.05) is 48.0 Å². The summed E-state index contributed by atoms with van der Waals surface area (Å²) in [7, 11) is 1.73. The highest BCUT2D eigenvalue weighted by Crippen LogP contribution is 2.36. The molecule has 1 heteroatoms. The molecule has 22 heavy (non-hydrogen) atoms. The number of para-hydroxylation sites is 1. The van der Waals surface area contributed by atoms with Crippen LogP contribution in [0.2, 0.25) is 0 Å². The maximum atomic E-state index is 5.51. The Labute approximate surface area is 133 Å². The van der Waals surface area contributed by atoms with E-state index in [-0.39, 0.29) is 0 Å². The average molecular weight is 290 g/mol. The van der Waals surface area contributed by atoms with Crippen LogP contribution in [0.5, 0.6) is 5.75 Å². The third kappa shape index (κ3) is 2.71. The van der Waals surface area contributed by atoms with E-state index >= 15 is 0 Å². The Hall–Kier alpha value is -2.28. The van der Waals surface area contributed by atoms with Crippen LogP contribution in [-0.2, 0) is 6.42 Å². The van der Waals surface area contributed by atoms with Gasteiger partial charge in [0.1, 0.15) is 5.75 Å². The molecule has 112 valence electrons. The fraction of sp³-hybridized carbons (Fsp3) is 0.238. The van der Waals surface area contributed by atoms with Crippen molar-refractivity contribution in [3.8, 4) is 5.75 Å². The summed E-state index contributed by atoms with van der Waals surface area (Å²) in [6.07, 6.45) is 4.51. The van der Waals surface area contributed by atoms with Gasteiger partial charge >= 0.3 is 0 Å². The van der Waals surface area contributed by atoms with Gasteiger partial charge in [-0.3, -0.25) is 0 Å². The van der Waals surface area contributed by atoms with Crippen LogP contribution in [0.1, 0.15) is 37.0 Å². The summed E-state index contributed by atoms with van der Waals surface area (Å²) in [5.41, 5.74) is 8.08. The predicted octanol–water partition coefficient (Wildman–Crippen LogP) is 5.52. The van der Waals surface area contributed by atoms with Crippen LogP contribution in [0.3, 0.4) is 0 Å². The number of ether oxygens (including phenoxy) is 1. The Morgan fingerprint density at radius 3 is 2.45 bits per heavy atom. The maximum Gasteiger partial charge on any atom is 0.126 e. The topological polar surface area (TPSA) is 9.23 Å². The standard InChI is InChI=1S/C21H22O/c1-15-12-13-17-8-4-6-10-19(17)20(16(15)2)14-18-9-5-7-11-21(18)22-3/h4-11,14H,12-13H2,1-3H3/b20-14-. The minimum Gasteiger partial charge on any atom is -0.496 e. The van der Waals surface area contributed by atoms with Crippen molar-refractivity contribution < 1.29 is 4.74 Å². The fourth-order valence-corrected chi connectivity index (χ4v) is 3.07. The molecule has 0 amide bonds. The summed E-state index contributed by atoms with van der Waals surface area (Å²) in [4.78, 5) is 0. The largest absolute Gasteiger partial charge is 0.496 e. The van der Waals surface area contributed by atoms with E-state index < -0.39 is 0 Å². The van der Waals surface area contributed by atoms with Crippen molar-refractivity contribution in [3.05, 3.63) is 76.4 Å². The lowest BCUT2D eigenvalue weighted by Gasteiger charge is -2.13. The van der Waals surface area contributed by atoms with E-state index in [0.717, 1.165) is 24.2 Å². The number of methoxy groups -OCH3 is 1. The molecule has 0 atom stereocenters. The normalized spacial score (nSPS) is 16.4. The second-order valence-electron chi connectivity index (χ2n) is 5.86. The summed E-state index contributed by atoms with van der Waals surface area (Å²) in [5.74, 6) is 0.919. The molecule has 0 aliphatic heterocycles. The molecule has 0 N–H and O–H groups in total. The Bertz CT molecular complexity index is 750. The van der Waals surface area contributed by atoms with Gasteiger partial charge in [0, 0.05) is 5.56 Å². The predicted molar refractivity (Wildman–Crippen MR) is 94.0 cm³/mol. The van der Waals surface area contributed by atoms with Crippen molar-refractivity contribution in [2.75, 3.05) is 7.11 Å². The highest BCUT2D eigenvalue weighted by molar-refractivity contribution is 5.93. The van der Waals surface area contributed by atoms with Gasteiger partial charge in [0.2, 0.25) is 0 Å². The maximum absolute atomic E-state index is 5.51. The zero-order valence-corrected chi connectivity index (χ0v) is 13.5. The Balaban J connectivity index is 2.21. The number of rotatable bonds is 2. The zero-order valence-electron chi connectivity index (χ0n) is 13.5. The van der Waals surface area contributed by atoms with E-state index in [1.54, 1.807) is 7.11 Å². The first-order chi connectivity index (χ1) is 10.7. The molecule has 0 radical (unpaired) electrons. The summed E-state index contributed by atoms with van der Waals surface area (Å²) in [5, 5.41) is 0. The van der Waals surface area contributed by atoms with Crippen molar-refractivity contribution >= 4 is 11.6 Å². The second-order valence-corrected chi connectivity index (χ2v) is 5.86. The van der Waals surface area contributed by atoms with Crippen LogP contribution < -0.4 is 4.74 Å². The second kappa shape index (κ2) is 6.23. The van der Waals surface area contributed by atoms with Crippen LogP contribution in [0.25, 0.3) is 11.6 Å². The number of benzene rings is 2.